The molecule has 0 bridgehead atoms. The van der Waals surface area contributed by atoms with E-state index in [0.717, 1.165) is 13.1 Å². The Hall–Kier alpha value is -0.600. The molecule has 0 saturated carbocycles. The van der Waals surface area contributed by atoms with Crippen LogP contribution in [0, 0.1) is 0 Å². The van der Waals surface area contributed by atoms with Crippen LogP contribution in [-0.4, -0.2) is 11.5 Å². The maximum absolute atomic E-state index is 4.07. The molecule has 0 aliphatic heterocycles. The molecule has 1 aromatic rings. The van der Waals surface area contributed by atoms with Crippen LogP contribution in [0.1, 0.15) is 38.2 Å². The van der Waals surface area contributed by atoms with Crippen molar-refractivity contribution < 1.29 is 0 Å². The zero-order valence-corrected chi connectivity index (χ0v) is 10.2. The van der Waals surface area contributed by atoms with Gasteiger partial charge < -0.3 is 5.32 Å². The fourth-order valence-electron chi connectivity index (χ4n) is 1.41. The van der Waals surface area contributed by atoms with Crippen molar-refractivity contribution in [1.82, 2.24) is 10.3 Å². The molecule has 2 nitrogen and oxygen atoms in total. The second-order valence-corrected chi connectivity index (χ2v) is 3.60. The van der Waals surface area contributed by atoms with E-state index in [0.29, 0.717) is 0 Å². The number of aromatic nitrogens is 1. The van der Waals surface area contributed by atoms with E-state index < -0.39 is 0 Å². The van der Waals surface area contributed by atoms with Crippen LogP contribution in [0.2, 0.25) is 0 Å². The Morgan fingerprint density at radius 2 is 2.13 bits per heavy atom. The van der Waals surface area contributed by atoms with Gasteiger partial charge in [0.05, 0.1) is 0 Å². The Morgan fingerprint density at radius 1 is 1.27 bits per heavy atom. The minimum atomic E-state index is 0. The molecular weight excluding hydrogens is 208 g/mol. The van der Waals surface area contributed by atoms with Gasteiger partial charge in [0.25, 0.3) is 0 Å². The third kappa shape index (κ3) is 7.34. The first-order valence-electron chi connectivity index (χ1n) is 5.53. The topological polar surface area (TPSA) is 24.9 Å². The van der Waals surface area contributed by atoms with E-state index in [-0.39, 0.29) is 12.4 Å². The molecule has 0 radical (unpaired) electrons. The van der Waals surface area contributed by atoms with E-state index in [1.807, 2.05) is 18.5 Å². The van der Waals surface area contributed by atoms with Gasteiger partial charge in [0, 0.05) is 18.9 Å². The number of rotatable bonds is 7. The van der Waals surface area contributed by atoms with Gasteiger partial charge in [-0.15, -0.1) is 12.4 Å². The number of hydrogen-bond acceptors (Lipinski definition) is 2. The highest BCUT2D eigenvalue weighted by molar-refractivity contribution is 5.85. The average Bonchev–Trinajstić information content (AvgIpc) is 2.25. The quantitative estimate of drug-likeness (QED) is 0.726. The van der Waals surface area contributed by atoms with E-state index in [1.165, 1.54) is 31.2 Å². The lowest BCUT2D eigenvalue weighted by Crippen LogP contribution is -2.14. The Bertz CT molecular complexity index is 226. The van der Waals surface area contributed by atoms with Gasteiger partial charge in [-0.2, -0.15) is 0 Å². The normalized spacial score (nSPS) is 9.67. The summed E-state index contributed by atoms with van der Waals surface area (Å²) in [6, 6.07) is 4.08. The third-order valence-corrected chi connectivity index (χ3v) is 2.26. The molecule has 0 fully saturated rings. The second-order valence-electron chi connectivity index (χ2n) is 3.60. The number of unbranched alkanes of at least 4 members (excludes halogenated alkanes) is 3. The van der Waals surface area contributed by atoms with E-state index in [4.69, 9.17) is 0 Å². The van der Waals surface area contributed by atoms with Gasteiger partial charge in [0.2, 0.25) is 0 Å². The van der Waals surface area contributed by atoms with Gasteiger partial charge in [0.15, 0.2) is 0 Å². The van der Waals surface area contributed by atoms with Crippen molar-refractivity contribution in [3.8, 4) is 0 Å². The van der Waals surface area contributed by atoms with E-state index in [9.17, 15) is 0 Å². The zero-order chi connectivity index (χ0) is 10.1. The maximum atomic E-state index is 4.07. The van der Waals surface area contributed by atoms with Gasteiger partial charge >= 0.3 is 0 Å². The van der Waals surface area contributed by atoms with Crippen LogP contribution in [0.4, 0.5) is 0 Å². The molecule has 0 aliphatic rings. The van der Waals surface area contributed by atoms with Crippen LogP contribution in [0.3, 0.4) is 0 Å². The predicted molar refractivity (Wildman–Crippen MR) is 67.3 cm³/mol. The summed E-state index contributed by atoms with van der Waals surface area (Å²) >= 11 is 0. The summed E-state index contributed by atoms with van der Waals surface area (Å²) in [5.74, 6) is 0. The maximum Gasteiger partial charge on any atom is 0.0312 e. The molecule has 0 spiro atoms. The smallest absolute Gasteiger partial charge is 0.0312 e. The summed E-state index contributed by atoms with van der Waals surface area (Å²) in [5.41, 5.74) is 1.27. The Balaban J connectivity index is 0.00000196. The Kier molecular flexibility index (Phi) is 9.54. The van der Waals surface area contributed by atoms with Crippen LogP contribution >= 0.6 is 12.4 Å². The number of nitrogens with zero attached hydrogens (tertiary/aromatic N) is 1. The lowest BCUT2D eigenvalue weighted by Gasteiger charge is -2.03. The first kappa shape index (κ1) is 14.4. The van der Waals surface area contributed by atoms with Crippen molar-refractivity contribution in [3.05, 3.63) is 30.1 Å². The average molecular weight is 229 g/mol. The summed E-state index contributed by atoms with van der Waals surface area (Å²) in [6.07, 6.45) is 9.02. The molecule has 0 unspecified atom stereocenters. The molecule has 0 saturated heterocycles. The lowest BCUT2D eigenvalue weighted by molar-refractivity contribution is 0.597. The van der Waals surface area contributed by atoms with Crippen molar-refractivity contribution in [2.45, 2.75) is 39.2 Å². The molecule has 0 aliphatic carbocycles. The summed E-state index contributed by atoms with van der Waals surface area (Å²) in [4.78, 5) is 4.07. The van der Waals surface area contributed by atoms with Crippen molar-refractivity contribution in [2.24, 2.45) is 0 Å². The minimum absolute atomic E-state index is 0. The van der Waals surface area contributed by atoms with E-state index in [1.54, 1.807) is 0 Å². The Labute approximate surface area is 98.9 Å². The van der Waals surface area contributed by atoms with Crippen molar-refractivity contribution >= 4 is 12.4 Å². The van der Waals surface area contributed by atoms with Gasteiger partial charge in [-0.3, -0.25) is 4.98 Å². The highest BCUT2D eigenvalue weighted by atomic mass is 35.5. The molecule has 0 amide bonds. The largest absolute Gasteiger partial charge is 0.313 e. The van der Waals surface area contributed by atoms with Crippen LogP contribution < -0.4 is 5.32 Å². The van der Waals surface area contributed by atoms with Crippen molar-refractivity contribution in [2.75, 3.05) is 6.54 Å². The molecule has 86 valence electrons. The molecule has 0 atom stereocenters. The highest BCUT2D eigenvalue weighted by Crippen LogP contribution is 1.98. The summed E-state index contributed by atoms with van der Waals surface area (Å²) in [6.45, 7) is 4.30. The van der Waals surface area contributed by atoms with Gasteiger partial charge in [-0.25, -0.2) is 0 Å². The molecule has 1 N–H and O–H groups in total. The summed E-state index contributed by atoms with van der Waals surface area (Å²) < 4.78 is 0. The lowest BCUT2D eigenvalue weighted by atomic mass is 10.2. The highest BCUT2D eigenvalue weighted by Gasteiger charge is 1.91. The number of pyridine rings is 1. The standard InChI is InChI=1S/C12H20N2.ClH/c1-2-3-4-5-8-13-10-12-7-6-9-14-11-12;/h6-7,9,11,13H,2-5,8,10H2,1H3;1H. The van der Waals surface area contributed by atoms with Crippen LogP contribution in [0.15, 0.2) is 24.5 Å². The monoisotopic (exact) mass is 228 g/mol. The summed E-state index contributed by atoms with van der Waals surface area (Å²) in [5, 5.41) is 3.42. The fourth-order valence-corrected chi connectivity index (χ4v) is 1.41. The van der Waals surface area contributed by atoms with E-state index >= 15 is 0 Å². The first-order valence-corrected chi connectivity index (χ1v) is 5.53. The van der Waals surface area contributed by atoms with Gasteiger partial charge in [0.1, 0.15) is 0 Å². The molecule has 1 rings (SSSR count). The SMILES string of the molecule is CCCCCCNCc1cccnc1.Cl. The molecule has 3 heteroatoms. The van der Waals surface area contributed by atoms with Crippen LogP contribution in [0.25, 0.3) is 0 Å². The molecule has 1 aromatic heterocycles. The van der Waals surface area contributed by atoms with Crippen LogP contribution in [0.5, 0.6) is 0 Å². The van der Waals surface area contributed by atoms with Crippen molar-refractivity contribution in [1.29, 1.82) is 0 Å². The molecule has 15 heavy (non-hydrogen) atoms. The summed E-state index contributed by atoms with van der Waals surface area (Å²) in [7, 11) is 0. The van der Waals surface area contributed by atoms with Gasteiger partial charge in [-0.05, 0) is 24.6 Å². The zero-order valence-electron chi connectivity index (χ0n) is 9.41. The van der Waals surface area contributed by atoms with Gasteiger partial charge in [-0.1, -0.05) is 32.3 Å². The Morgan fingerprint density at radius 3 is 2.80 bits per heavy atom. The molecule has 0 aromatic carbocycles. The van der Waals surface area contributed by atoms with E-state index in [2.05, 4.69) is 23.3 Å². The van der Waals surface area contributed by atoms with Crippen LogP contribution in [-0.2, 0) is 6.54 Å². The first-order chi connectivity index (χ1) is 6.93. The molecular formula is C12H21ClN2. The second kappa shape index (κ2) is 9.94. The predicted octanol–water partition coefficient (Wildman–Crippen LogP) is 3.17. The third-order valence-electron chi connectivity index (χ3n) is 2.26. The number of hydrogen-bond donors (Lipinski definition) is 1. The molecule has 1 heterocycles. The van der Waals surface area contributed by atoms with Crippen molar-refractivity contribution in [3.63, 3.8) is 0 Å². The fraction of sp³-hybridized carbons (Fsp3) is 0.583. The minimum Gasteiger partial charge on any atom is -0.313 e. The number of nitrogens with one attached hydrogen (secondary N) is 1. The number of halogens is 1.